The average molecular weight is 220 g/mol. The predicted molar refractivity (Wildman–Crippen MR) is 44.2 cm³/mol. The third-order valence-corrected chi connectivity index (χ3v) is 1.70. The highest BCUT2D eigenvalue weighted by Crippen LogP contribution is 2.29. The Kier molecular flexibility index (Phi) is 2.94. The van der Waals surface area contributed by atoms with Crippen LogP contribution in [0.2, 0.25) is 0 Å². The summed E-state index contributed by atoms with van der Waals surface area (Å²) in [5, 5.41) is 8.48. The molecule has 0 fully saturated rings. The van der Waals surface area contributed by atoms with Crippen molar-refractivity contribution in [2.24, 2.45) is 5.73 Å². The molecule has 1 unspecified atom stereocenters. The van der Waals surface area contributed by atoms with Crippen molar-refractivity contribution in [3.8, 4) is 0 Å². The van der Waals surface area contributed by atoms with Crippen molar-refractivity contribution in [1.82, 2.24) is 4.98 Å². The molecule has 7 heteroatoms. The van der Waals surface area contributed by atoms with E-state index >= 15 is 0 Å². The number of hydrogen-bond donors (Lipinski definition) is 2. The molecule has 1 rings (SSSR count). The number of rotatable bonds is 2. The van der Waals surface area contributed by atoms with E-state index in [9.17, 15) is 18.0 Å². The van der Waals surface area contributed by atoms with Crippen molar-refractivity contribution >= 4 is 5.97 Å². The van der Waals surface area contributed by atoms with Crippen molar-refractivity contribution in [3.05, 3.63) is 29.6 Å². The van der Waals surface area contributed by atoms with Gasteiger partial charge in [-0.2, -0.15) is 13.2 Å². The largest absolute Gasteiger partial charge is 0.478 e. The normalized spacial score (nSPS) is 13.6. The molecule has 0 aliphatic rings. The summed E-state index contributed by atoms with van der Waals surface area (Å²) in [7, 11) is 0. The smallest absolute Gasteiger partial charge is 0.409 e. The van der Waals surface area contributed by atoms with Crippen LogP contribution in [0.5, 0.6) is 0 Å². The van der Waals surface area contributed by atoms with E-state index in [1.807, 2.05) is 0 Å². The number of nitrogens with zero attached hydrogens (tertiary/aromatic N) is 1. The number of pyridine rings is 1. The van der Waals surface area contributed by atoms with E-state index in [4.69, 9.17) is 10.8 Å². The molecule has 3 N–H and O–H groups in total. The standard InChI is InChI=1S/C8H7F3N2O2/c9-8(10,11)6(12)5-2-1-4(3-13-5)7(14)15/h1-3,6H,12H2,(H,14,15). The molecule has 1 aromatic heterocycles. The SMILES string of the molecule is NC(c1ccc(C(=O)O)cn1)C(F)(F)F. The molecule has 0 radical (unpaired) electrons. The Balaban J connectivity index is 2.94. The maximum Gasteiger partial charge on any atom is 0.409 e. The molecule has 15 heavy (non-hydrogen) atoms. The topological polar surface area (TPSA) is 76.2 Å². The number of carboxylic acids is 1. The fourth-order valence-electron chi connectivity index (χ4n) is 0.883. The highest BCUT2D eigenvalue weighted by molar-refractivity contribution is 5.87. The van der Waals surface area contributed by atoms with Gasteiger partial charge in [0.05, 0.1) is 11.3 Å². The number of carbonyl (C=O) groups is 1. The highest BCUT2D eigenvalue weighted by atomic mass is 19.4. The van der Waals surface area contributed by atoms with Crippen LogP contribution in [0.15, 0.2) is 18.3 Å². The molecular weight excluding hydrogens is 213 g/mol. The zero-order valence-electron chi connectivity index (χ0n) is 7.32. The monoisotopic (exact) mass is 220 g/mol. The van der Waals surface area contributed by atoms with E-state index in [0.717, 1.165) is 18.3 Å². The van der Waals surface area contributed by atoms with Gasteiger partial charge >= 0.3 is 12.1 Å². The van der Waals surface area contributed by atoms with Crippen LogP contribution >= 0.6 is 0 Å². The molecule has 0 aromatic carbocycles. The summed E-state index contributed by atoms with van der Waals surface area (Å²) in [5.74, 6) is -1.25. The minimum atomic E-state index is -4.59. The fourth-order valence-corrected chi connectivity index (χ4v) is 0.883. The van der Waals surface area contributed by atoms with Gasteiger partial charge in [0.2, 0.25) is 0 Å². The van der Waals surface area contributed by atoms with Crippen molar-refractivity contribution in [2.45, 2.75) is 12.2 Å². The van der Waals surface area contributed by atoms with Gasteiger partial charge in [0.25, 0.3) is 0 Å². The minimum absolute atomic E-state index is 0.187. The van der Waals surface area contributed by atoms with Crippen LogP contribution in [0.3, 0.4) is 0 Å². The maximum atomic E-state index is 12.1. The molecular formula is C8H7F3N2O2. The molecule has 1 atom stereocenters. The summed E-state index contributed by atoms with van der Waals surface area (Å²) in [5.41, 5.74) is 4.27. The van der Waals surface area contributed by atoms with E-state index in [-0.39, 0.29) is 5.56 Å². The number of alkyl halides is 3. The van der Waals surface area contributed by atoms with Crippen molar-refractivity contribution in [2.75, 3.05) is 0 Å². The first-order valence-electron chi connectivity index (χ1n) is 3.84. The van der Waals surface area contributed by atoms with Gasteiger partial charge in [0.1, 0.15) is 6.04 Å². The molecule has 0 amide bonds. The lowest BCUT2D eigenvalue weighted by Gasteiger charge is -2.14. The quantitative estimate of drug-likeness (QED) is 0.788. The zero-order valence-corrected chi connectivity index (χ0v) is 7.32. The lowest BCUT2D eigenvalue weighted by atomic mass is 10.1. The Labute approximate surface area is 82.5 Å². The second-order valence-corrected chi connectivity index (χ2v) is 2.80. The first-order chi connectivity index (χ1) is 6.82. The summed E-state index contributed by atoms with van der Waals surface area (Å²) >= 11 is 0. The van der Waals surface area contributed by atoms with E-state index in [2.05, 4.69) is 4.98 Å². The van der Waals surface area contributed by atoms with Crippen LogP contribution in [-0.4, -0.2) is 22.2 Å². The molecule has 0 aliphatic heterocycles. The molecule has 0 spiro atoms. The third-order valence-electron chi connectivity index (χ3n) is 1.70. The van der Waals surface area contributed by atoms with E-state index in [1.54, 1.807) is 0 Å². The summed E-state index contributed by atoms with van der Waals surface area (Å²) in [4.78, 5) is 13.7. The van der Waals surface area contributed by atoms with Crippen LogP contribution in [0.4, 0.5) is 13.2 Å². The molecule has 0 saturated carbocycles. The summed E-state index contributed by atoms with van der Waals surface area (Å²) in [6, 6.07) is -0.224. The van der Waals surface area contributed by atoms with E-state index in [0.29, 0.717) is 0 Å². The molecule has 0 saturated heterocycles. The Morgan fingerprint density at radius 1 is 1.47 bits per heavy atom. The average Bonchev–Trinajstić information content (AvgIpc) is 2.15. The van der Waals surface area contributed by atoms with Gasteiger partial charge in [-0.15, -0.1) is 0 Å². The number of nitrogens with two attached hydrogens (primary N) is 1. The number of halogens is 3. The maximum absolute atomic E-state index is 12.1. The van der Waals surface area contributed by atoms with Crippen LogP contribution in [0.25, 0.3) is 0 Å². The van der Waals surface area contributed by atoms with Gasteiger partial charge in [0.15, 0.2) is 0 Å². The zero-order chi connectivity index (χ0) is 11.6. The van der Waals surface area contributed by atoms with Gasteiger partial charge in [-0.25, -0.2) is 4.79 Å². The summed E-state index contributed by atoms with van der Waals surface area (Å²) < 4.78 is 36.3. The summed E-state index contributed by atoms with van der Waals surface area (Å²) in [6.07, 6.45) is -3.75. The van der Waals surface area contributed by atoms with Gasteiger partial charge in [-0.05, 0) is 12.1 Å². The molecule has 82 valence electrons. The molecule has 0 bridgehead atoms. The van der Waals surface area contributed by atoms with Crippen LogP contribution < -0.4 is 5.73 Å². The molecule has 1 aromatic rings. The van der Waals surface area contributed by atoms with Crippen molar-refractivity contribution in [3.63, 3.8) is 0 Å². The van der Waals surface area contributed by atoms with Crippen molar-refractivity contribution in [1.29, 1.82) is 0 Å². The van der Waals surface area contributed by atoms with Crippen LogP contribution in [0, 0.1) is 0 Å². The number of carboxylic acid groups (broad SMARTS) is 1. The Hall–Kier alpha value is -1.63. The molecule has 4 nitrogen and oxygen atoms in total. The number of aromatic carboxylic acids is 1. The predicted octanol–water partition coefficient (Wildman–Crippen LogP) is 1.34. The number of aromatic nitrogens is 1. The number of hydrogen-bond acceptors (Lipinski definition) is 3. The Morgan fingerprint density at radius 3 is 2.40 bits per heavy atom. The van der Waals surface area contributed by atoms with Gasteiger partial charge < -0.3 is 10.8 Å². The second-order valence-electron chi connectivity index (χ2n) is 2.80. The Bertz CT molecular complexity index is 361. The van der Waals surface area contributed by atoms with E-state index in [1.165, 1.54) is 0 Å². The van der Waals surface area contributed by atoms with E-state index < -0.39 is 23.9 Å². The highest BCUT2D eigenvalue weighted by Gasteiger charge is 2.38. The van der Waals surface area contributed by atoms with Crippen LogP contribution in [0.1, 0.15) is 22.1 Å². The fraction of sp³-hybridized carbons (Fsp3) is 0.250. The van der Waals surface area contributed by atoms with Crippen molar-refractivity contribution < 1.29 is 23.1 Å². The lowest BCUT2D eigenvalue weighted by molar-refractivity contribution is -0.150. The van der Waals surface area contributed by atoms with Crippen LogP contribution in [-0.2, 0) is 0 Å². The lowest BCUT2D eigenvalue weighted by Crippen LogP contribution is -2.29. The first-order valence-corrected chi connectivity index (χ1v) is 3.84. The molecule has 0 aliphatic carbocycles. The minimum Gasteiger partial charge on any atom is -0.478 e. The molecule has 1 heterocycles. The van der Waals surface area contributed by atoms with Gasteiger partial charge in [0, 0.05) is 6.20 Å². The summed E-state index contributed by atoms with van der Waals surface area (Å²) in [6.45, 7) is 0. The second kappa shape index (κ2) is 3.85. The Morgan fingerprint density at radius 2 is 2.07 bits per heavy atom. The van der Waals surface area contributed by atoms with Gasteiger partial charge in [-0.1, -0.05) is 0 Å². The van der Waals surface area contributed by atoms with Gasteiger partial charge in [-0.3, -0.25) is 4.98 Å². The third kappa shape index (κ3) is 2.66. The first kappa shape index (κ1) is 11.4.